The summed E-state index contributed by atoms with van der Waals surface area (Å²) in [5.41, 5.74) is 2.12. The molecule has 2 saturated heterocycles. The number of ether oxygens (including phenoxy) is 2. The van der Waals surface area contributed by atoms with Crippen molar-refractivity contribution < 1.29 is 18.7 Å². The zero-order chi connectivity index (χ0) is 15.4. The number of rotatable bonds is 2. The summed E-state index contributed by atoms with van der Waals surface area (Å²) >= 11 is 0. The van der Waals surface area contributed by atoms with E-state index in [1.165, 1.54) is 17.7 Å². The number of benzene rings is 1. The van der Waals surface area contributed by atoms with Crippen LogP contribution in [0.25, 0.3) is 6.08 Å². The molecular formula is C17H20FNO3. The molecular weight excluding hydrogens is 285 g/mol. The SMILES string of the molecule is O=C([C@@H]1COCCO1)N1CCC(=Cc2cccc(F)c2)CC1. The summed E-state index contributed by atoms with van der Waals surface area (Å²) in [4.78, 5) is 14.2. The first kappa shape index (κ1) is 15.2. The van der Waals surface area contributed by atoms with E-state index in [1.807, 2.05) is 17.0 Å². The predicted molar refractivity (Wildman–Crippen MR) is 80.8 cm³/mol. The third-order valence-electron chi connectivity index (χ3n) is 4.03. The van der Waals surface area contributed by atoms with Crippen molar-refractivity contribution in [2.24, 2.45) is 0 Å². The van der Waals surface area contributed by atoms with Crippen LogP contribution in [0, 0.1) is 5.82 Å². The molecule has 0 spiro atoms. The minimum absolute atomic E-state index is 0.0181. The molecule has 3 rings (SSSR count). The first-order chi connectivity index (χ1) is 10.7. The van der Waals surface area contributed by atoms with Gasteiger partial charge in [-0.25, -0.2) is 4.39 Å². The molecule has 5 heteroatoms. The van der Waals surface area contributed by atoms with Gasteiger partial charge in [0.25, 0.3) is 5.91 Å². The molecule has 0 bridgehead atoms. The molecule has 2 fully saturated rings. The molecule has 0 aliphatic carbocycles. The smallest absolute Gasteiger partial charge is 0.254 e. The van der Waals surface area contributed by atoms with Gasteiger partial charge in [-0.1, -0.05) is 23.8 Å². The second kappa shape index (κ2) is 7.03. The fourth-order valence-corrected chi connectivity index (χ4v) is 2.82. The van der Waals surface area contributed by atoms with Gasteiger partial charge in [0.05, 0.1) is 19.8 Å². The first-order valence-corrected chi connectivity index (χ1v) is 7.65. The van der Waals surface area contributed by atoms with E-state index in [0.29, 0.717) is 32.9 Å². The predicted octanol–water partition coefficient (Wildman–Crippen LogP) is 2.25. The molecule has 22 heavy (non-hydrogen) atoms. The summed E-state index contributed by atoms with van der Waals surface area (Å²) in [5, 5.41) is 0. The Bertz CT molecular complexity index is 557. The normalized spacial score (nSPS) is 22.5. The van der Waals surface area contributed by atoms with Gasteiger partial charge in [0.2, 0.25) is 0 Å². The number of piperidine rings is 1. The Labute approximate surface area is 129 Å². The van der Waals surface area contributed by atoms with Gasteiger partial charge in [-0.05, 0) is 30.5 Å². The lowest BCUT2D eigenvalue weighted by atomic mass is 10.0. The number of hydrogen-bond donors (Lipinski definition) is 0. The third-order valence-corrected chi connectivity index (χ3v) is 4.03. The van der Waals surface area contributed by atoms with Crippen molar-refractivity contribution in [3.63, 3.8) is 0 Å². The van der Waals surface area contributed by atoms with Gasteiger partial charge in [-0.15, -0.1) is 0 Å². The monoisotopic (exact) mass is 305 g/mol. The highest BCUT2D eigenvalue weighted by Crippen LogP contribution is 2.21. The first-order valence-electron chi connectivity index (χ1n) is 7.65. The van der Waals surface area contributed by atoms with E-state index < -0.39 is 6.10 Å². The zero-order valence-corrected chi connectivity index (χ0v) is 12.5. The summed E-state index contributed by atoms with van der Waals surface area (Å²) in [6.07, 6.45) is 3.19. The van der Waals surface area contributed by atoms with Gasteiger partial charge in [-0.3, -0.25) is 4.79 Å². The molecule has 1 amide bonds. The number of carbonyl (C=O) groups excluding carboxylic acids is 1. The minimum Gasteiger partial charge on any atom is -0.376 e. The second-order valence-electron chi connectivity index (χ2n) is 5.62. The Morgan fingerprint density at radius 1 is 1.27 bits per heavy atom. The van der Waals surface area contributed by atoms with Gasteiger partial charge < -0.3 is 14.4 Å². The summed E-state index contributed by atoms with van der Waals surface area (Å²) in [6.45, 7) is 2.75. The van der Waals surface area contributed by atoms with Crippen molar-refractivity contribution in [1.82, 2.24) is 4.90 Å². The Morgan fingerprint density at radius 3 is 2.77 bits per heavy atom. The van der Waals surface area contributed by atoms with E-state index in [1.54, 1.807) is 6.07 Å². The fourth-order valence-electron chi connectivity index (χ4n) is 2.82. The quantitative estimate of drug-likeness (QED) is 0.841. The van der Waals surface area contributed by atoms with Gasteiger partial charge >= 0.3 is 0 Å². The zero-order valence-electron chi connectivity index (χ0n) is 12.5. The number of amides is 1. The number of halogens is 1. The summed E-state index contributed by atoms with van der Waals surface area (Å²) in [7, 11) is 0. The highest BCUT2D eigenvalue weighted by atomic mass is 19.1. The van der Waals surface area contributed by atoms with Gasteiger partial charge in [0.15, 0.2) is 6.10 Å². The summed E-state index contributed by atoms with van der Waals surface area (Å²) < 4.78 is 23.9. The van der Waals surface area contributed by atoms with E-state index in [0.717, 1.165) is 18.4 Å². The van der Waals surface area contributed by atoms with Gasteiger partial charge in [0.1, 0.15) is 5.82 Å². The maximum Gasteiger partial charge on any atom is 0.254 e. The van der Waals surface area contributed by atoms with Crippen molar-refractivity contribution in [1.29, 1.82) is 0 Å². The number of nitrogens with zero attached hydrogens (tertiary/aromatic N) is 1. The lowest BCUT2D eigenvalue weighted by Crippen LogP contribution is -2.47. The van der Waals surface area contributed by atoms with Crippen LogP contribution in [0.1, 0.15) is 18.4 Å². The average molecular weight is 305 g/mol. The molecule has 2 aliphatic rings. The van der Waals surface area contributed by atoms with Gasteiger partial charge in [-0.2, -0.15) is 0 Å². The minimum atomic E-state index is -0.456. The van der Waals surface area contributed by atoms with Crippen LogP contribution in [-0.2, 0) is 14.3 Å². The van der Waals surface area contributed by atoms with Crippen molar-refractivity contribution in [3.05, 3.63) is 41.2 Å². The Morgan fingerprint density at radius 2 is 2.09 bits per heavy atom. The molecule has 0 unspecified atom stereocenters. The van der Waals surface area contributed by atoms with Crippen LogP contribution < -0.4 is 0 Å². The van der Waals surface area contributed by atoms with Crippen LogP contribution in [0.5, 0.6) is 0 Å². The number of carbonyl (C=O) groups is 1. The molecule has 0 radical (unpaired) electrons. The molecule has 0 N–H and O–H groups in total. The van der Waals surface area contributed by atoms with Crippen LogP contribution in [0.2, 0.25) is 0 Å². The van der Waals surface area contributed by atoms with E-state index in [4.69, 9.17) is 9.47 Å². The van der Waals surface area contributed by atoms with Gasteiger partial charge in [0, 0.05) is 13.1 Å². The Kier molecular flexibility index (Phi) is 4.85. The Balaban J connectivity index is 1.56. The maximum atomic E-state index is 13.2. The van der Waals surface area contributed by atoms with Crippen LogP contribution in [0.15, 0.2) is 29.8 Å². The van der Waals surface area contributed by atoms with E-state index in [2.05, 4.69) is 0 Å². The molecule has 1 aromatic carbocycles. The highest BCUT2D eigenvalue weighted by Gasteiger charge is 2.29. The summed E-state index contributed by atoms with van der Waals surface area (Å²) in [6, 6.07) is 6.56. The molecule has 1 atom stereocenters. The standard InChI is InChI=1S/C17H20FNO3/c18-15-3-1-2-14(11-15)10-13-4-6-19(7-5-13)17(20)16-12-21-8-9-22-16/h1-3,10-11,16H,4-9,12H2/t16-/m0/s1. The molecule has 0 saturated carbocycles. The van der Waals surface area contributed by atoms with Crippen LogP contribution >= 0.6 is 0 Å². The molecule has 0 aromatic heterocycles. The molecule has 4 nitrogen and oxygen atoms in total. The van der Waals surface area contributed by atoms with Crippen molar-refractivity contribution in [3.8, 4) is 0 Å². The van der Waals surface area contributed by atoms with E-state index >= 15 is 0 Å². The lowest BCUT2D eigenvalue weighted by Gasteiger charge is -2.32. The Hall–Kier alpha value is -1.72. The second-order valence-corrected chi connectivity index (χ2v) is 5.62. The topological polar surface area (TPSA) is 38.8 Å². The number of likely N-dealkylation sites (tertiary alicyclic amines) is 1. The number of hydrogen-bond acceptors (Lipinski definition) is 3. The lowest BCUT2D eigenvalue weighted by molar-refractivity contribution is -0.158. The maximum absolute atomic E-state index is 13.2. The van der Waals surface area contributed by atoms with Crippen LogP contribution in [0.3, 0.4) is 0 Å². The molecule has 1 aromatic rings. The van der Waals surface area contributed by atoms with Crippen molar-refractivity contribution in [2.75, 3.05) is 32.9 Å². The van der Waals surface area contributed by atoms with Crippen molar-refractivity contribution in [2.45, 2.75) is 18.9 Å². The van der Waals surface area contributed by atoms with E-state index in [9.17, 15) is 9.18 Å². The van der Waals surface area contributed by atoms with E-state index in [-0.39, 0.29) is 11.7 Å². The van der Waals surface area contributed by atoms with Crippen LogP contribution in [0.4, 0.5) is 4.39 Å². The largest absolute Gasteiger partial charge is 0.376 e. The summed E-state index contributed by atoms with van der Waals surface area (Å²) in [5.74, 6) is -0.207. The highest BCUT2D eigenvalue weighted by molar-refractivity contribution is 5.81. The fraction of sp³-hybridized carbons (Fsp3) is 0.471. The average Bonchev–Trinajstić information content (AvgIpc) is 2.56. The van der Waals surface area contributed by atoms with Crippen LogP contribution in [-0.4, -0.2) is 49.8 Å². The third kappa shape index (κ3) is 3.72. The molecule has 118 valence electrons. The molecule has 2 heterocycles. The molecule has 2 aliphatic heterocycles. The van der Waals surface area contributed by atoms with Crippen molar-refractivity contribution >= 4 is 12.0 Å².